The number of halogens is 2. The summed E-state index contributed by atoms with van der Waals surface area (Å²) in [5, 5.41) is 3.47. The predicted molar refractivity (Wildman–Crippen MR) is 134 cm³/mol. The van der Waals surface area contributed by atoms with Crippen LogP contribution in [0, 0.1) is 17.4 Å². The molecule has 3 aromatic rings. The average molecular weight is 549 g/mol. The van der Waals surface area contributed by atoms with E-state index in [1.807, 2.05) is 68.4 Å². The maximum Gasteiger partial charge on any atom is 0.262 e. The molecule has 3 aromatic carbocycles. The Kier molecular flexibility index (Phi) is 7.92. The van der Waals surface area contributed by atoms with Gasteiger partial charge in [-0.2, -0.15) is 0 Å². The van der Waals surface area contributed by atoms with E-state index < -0.39 is 0 Å². The van der Waals surface area contributed by atoms with Gasteiger partial charge >= 0.3 is 0 Å². The third-order valence-electron chi connectivity index (χ3n) is 4.43. The van der Waals surface area contributed by atoms with Gasteiger partial charge in [0.2, 0.25) is 0 Å². The molecule has 5 nitrogen and oxygen atoms in total. The summed E-state index contributed by atoms with van der Waals surface area (Å²) < 4.78 is 12.1. The van der Waals surface area contributed by atoms with Gasteiger partial charge in [0, 0.05) is 16.9 Å². The zero-order valence-electron chi connectivity index (χ0n) is 17.4. The van der Waals surface area contributed by atoms with Crippen LogP contribution >= 0.6 is 34.2 Å². The zero-order chi connectivity index (χ0) is 22.4. The number of amides is 1. The largest absolute Gasteiger partial charge is 0.493 e. The van der Waals surface area contributed by atoms with Crippen LogP contribution in [0.5, 0.6) is 11.5 Å². The summed E-state index contributed by atoms with van der Waals surface area (Å²) in [6, 6.07) is 16.9. The molecule has 0 heterocycles. The van der Waals surface area contributed by atoms with Crippen LogP contribution in [0.25, 0.3) is 0 Å². The molecule has 0 fully saturated rings. The maximum atomic E-state index is 12.3. The molecule has 0 atom stereocenters. The summed E-state index contributed by atoms with van der Waals surface area (Å²) in [6.07, 6.45) is 1.75. The second-order valence-electron chi connectivity index (χ2n) is 6.93. The van der Waals surface area contributed by atoms with Crippen LogP contribution < -0.4 is 14.8 Å². The summed E-state index contributed by atoms with van der Waals surface area (Å²) in [6.45, 7) is 3.82. The molecule has 3 rings (SSSR count). The number of aryl methyl sites for hydroxylation is 2. The van der Waals surface area contributed by atoms with Gasteiger partial charge in [0.15, 0.2) is 18.1 Å². The number of methoxy groups -OCH3 is 1. The van der Waals surface area contributed by atoms with Gasteiger partial charge in [0.1, 0.15) is 0 Å². The molecule has 1 N–H and O–H groups in total. The second-order valence-corrected chi connectivity index (χ2v) is 8.53. The number of anilines is 1. The SMILES string of the molecule is COc1cc(C=Nc2cc(Cl)ccc2C)cc(I)c1OCC(=O)Nc1cccc(C)c1. The Morgan fingerprint density at radius 1 is 1.16 bits per heavy atom. The number of carbonyl (C=O) groups is 1. The Morgan fingerprint density at radius 2 is 1.97 bits per heavy atom. The normalized spacial score (nSPS) is 10.9. The molecule has 0 aliphatic heterocycles. The first-order valence-electron chi connectivity index (χ1n) is 9.53. The van der Waals surface area contributed by atoms with Gasteiger partial charge in [0.05, 0.1) is 16.4 Å². The summed E-state index contributed by atoms with van der Waals surface area (Å²) in [5.41, 5.74) is 4.48. The number of benzene rings is 3. The lowest BCUT2D eigenvalue weighted by molar-refractivity contribution is -0.118. The van der Waals surface area contributed by atoms with Crippen LogP contribution in [0.2, 0.25) is 5.02 Å². The van der Waals surface area contributed by atoms with E-state index in [1.54, 1.807) is 13.3 Å². The number of carbonyl (C=O) groups excluding carboxylic acids is 1. The van der Waals surface area contributed by atoms with E-state index in [9.17, 15) is 4.79 Å². The molecule has 0 aromatic heterocycles. The highest BCUT2D eigenvalue weighted by atomic mass is 127. The van der Waals surface area contributed by atoms with Gasteiger partial charge in [-0.25, -0.2) is 0 Å². The Bertz CT molecular complexity index is 1130. The van der Waals surface area contributed by atoms with E-state index in [-0.39, 0.29) is 12.5 Å². The molecule has 0 aliphatic rings. The van der Waals surface area contributed by atoms with Crippen LogP contribution in [-0.2, 0) is 4.79 Å². The predicted octanol–water partition coefficient (Wildman–Crippen LogP) is 6.34. The van der Waals surface area contributed by atoms with Gasteiger partial charge in [-0.05, 0) is 89.5 Å². The highest BCUT2D eigenvalue weighted by Crippen LogP contribution is 2.34. The van der Waals surface area contributed by atoms with Crippen molar-refractivity contribution in [3.8, 4) is 11.5 Å². The van der Waals surface area contributed by atoms with Crippen molar-refractivity contribution in [2.24, 2.45) is 4.99 Å². The van der Waals surface area contributed by atoms with Crippen LogP contribution in [0.3, 0.4) is 0 Å². The topological polar surface area (TPSA) is 59.9 Å². The monoisotopic (exact) mass is 548 g/mol. The number of hydrogen-bond acceptors (Lipinski definition) is 4. The Balaban J connectivity index is 1.72. The van der Waals surface area contributed by atoms with E-state index in [4.69, 9.17) is 21.1 Å². The van der Waals surface area contributed by atoms with E-state index in [0.717, 1.165) is 31.6 Å². The number of ether oxygens (including phenoxy) is 2. The lowest BCUT2D eigenvalue weighted by atomic mass is 10.2. The molecular formula is C24H22ClIN2O3. The first-order chi connectivity index (χ1) is 14.9. The molecule has 0 unspecified atom stereocenters. The first-order valence-corrected chi connectivity index (χ1v) is 11.0. The molecule has 0 spiro atoms. The van der Waals surface area contributed by atoms with Crippen molar-refractivity contribution in [1.82, 2.24) is 0 Å². The van der Waals surface area contributed by atoms with Gasteiger partial charge < -0.3 is 14.8 Å². The summed E-state index contributed by atoms with van der Waals surface area (Å²) in [4.78, 5) is 16.8. The zero-order valence-corrected chi connectivity index (χ0v) is 20.3. The molecule has 0 aliphatic carbocycles. The third kappa shape index (κ3) is 6.45. The summed E-state index contributed by atoms with van der Waals surface area (Å²) >= 11 is 8.22. The smallest absolute Gasteiger partial charge is 0.262 e. The third-order valence-corrected chi connectivity index (χ3v) is 5.46. The van der Waals surface area contributed by atoms with Crippen LogP contribution in [0.15, 0.2) is 59.6 Å². The van der Waals surface area contributed by atoms with Crippen LogP contribution in [-0.4, -0.2) is 25.8 Å². The minimum atomic E-state index is -0.245. The number of hydrogen-bond donors (Lipinski definition) is 1. The highest BCUT2D eigenvalue weighted by Gasteiger charge is 2.13. The van der Waals surface area contributed by atoms with Crippen molar-refractivity contribution in [2.45, 2.75) is 13.8 Å². The number of rotatable bonds is 7. The molecule has 1 amide bonds. The first kappa shape index (κ1) is 23.1. The highest BCUT2D eigenvalue weighted by molar-refractivity contribution is 14.1. The molecular weight excluding hydrogens is 527 g/mol. The molecule has 7 heteroatoms. The van der Waals surface area contributed by atoms with Crippen LogP contribution in [0.1, 0.15) is 16.7 Å². The van der Waals surface area contributed by atoms with Crippen molar-refractivity contribution >= 4 is 57.7 Å². The maximum absolute atomic E-state index is 12.3. The minimum Gasteiger partial charge on any atom is -0.493 e. The fourth-order valence-electron chi connectivity index (χ4n) is 2.88. The standard InChI is InChI=1S/C24H22ClIN2O3/c1-15-5-4-6-19(9-15)28-23(29)14-31-24-20(26)10-17(11-22(24)30-3)13-27-21-12-18(25)8-7-16(21)2/h4-13H,14H2,1-3H3,(H,28,29). The van der Waals surface area contributed by atoms with Crippen molar-refractivity contribution in [3.05, 3.63) is 79.9 Å². The van der Waals surface area contributed by atoms with E-state index in [1.165, 1.54) is 0 Å². The van der Waals surface area contributed by atoms with Crippen molar-refractivity contribution in [3.63, 3.8) is 0 Å². The quantitative estimate of drug-likeness (QED) is 0.277. The fourth-order valence-corrected chi connectivity index (χ4v) is 3.83. The van der Waals surface area contributed by atoms with E-state index >= 15 is 0 Å². The molecule has 0 radical (unpaired) electrons. The van der Waals surface area contributed by atoms with Gasteiger partial charge in [0.25, 0.3) is 5.91 Å². The van der Waals surface area contributed by atoms with Gasteiger partial charge in [-0.1, -0.05) is 29.8 Å². The Hall–Kier alpha value is -2.58. The number of nitrogens with zero attached hydrogens (tertiary/aromatic N) is 1. The Labute approximate surface area is 200 Å². The Morgan fingerprint density at radius 3 is 2.71 bits per heavy atom. The van der Waals surface area contributed by atoms with E-state index in [0.29, 0.717) is 16.5 Å². The molecule has 0 saturated heterocycles. The van der Waals surface area contributed by atoms with Gasteiger partial charge in [-0.15, -0.1) is 0 Å². The minimum absolute atomic E-state index is 0.130. The van der Waals surface area contributed by atoms with Crippen molar-refractivity contribution < 1.29 is 14.3 Å². The fraction of sp³-hybridized carbons (Fsp3) is 0.167. The lowest BCUT2D eigenvalue weighted by Crippen LogP contribution is -2.20. The second kappa shape index (κ2) is 10.6. The van der Waals surface area contributed by atoms with Crippen molar-refractivity contribution in [2.75, 3.05) is 19.0 Å². The van der Waals surface area contributed by atoms with Gasteiger partial charge in [-0.3, -0.25) is 9.79 Å². The van der Waals surface area contributed by atoms with Crippen LogP contribution in [0.4, 0.5) is 11.4 Å². The number of aliphatic imine (C=N–C) groups is 1. The molecule has 160 valence electrons. The molecule has 0 bridgehead atoms. The summed E-state index contributed by atoms with van der Waals surface area (Å²) in [5.74, 6) is 0.795. The molecule has 0 saturated carbocycles. The lowest BCUT2D eigenvalue weighted by Gasteiger charge is -2.13. The van der Waals surface area contributed by atoms with Crippen molar-refractivity contribution in [1.29, 1.82) is 0 Å². The van der Waals surface area contributed by atoms with E-state index in [2.05, 4.69) is 32.9 Å². The molecule has 31 heavy (non-hydrogen) atoms. The number of nitrogens with one attached hydrogen (secondary N) is 1. The average Bonchev–Trinajstić information content (AvgIpc) is 2.73. The summed E-state index contributed by atoms with van der Waals surface area (Å²) in [7, 11) is 1.56.